The molecule has 31 heavy (non-hydrogen) atoms. The molecule has 1 aromatic carbocycles. The Morgan fingerprint density at radius 2 is 1.97 bits per heavy atom. The zero-order chi connectivity index (χ0) is 22.3. The van der Waals surface area contributed by atoms with Crippen LogP contribution in [0, 0.1) is 11.7 Å². The number of unbranched alkanes of at least 4 members (excludes halogenated alkanes) is 1. The average molecular weight is 439 g/mol. The molecule has 0 radical (unpaired) electrons. The van der Waals surface area contributed by atoms with Gasteiger partial charge in [0, 0.05) is 25.8 Å². The third kappa shape index (κ3) is 6.57. The Labute approximate surface area is 178 Å². The van der Waals surface area contributed by atoms with Gasteiger partial charge in [-0.05, 0) is 62.1 Å². The van der Waals surface area contributed by atoms with E-state index in [0.29, 0.717) is 51.1 Å². The third-order valence-electron chi connectivity index (χ3n) is 5.14. The van der Waals surface area contributed by atoms with Crippen LogP contribution in [0.1, 0.15) is 31.2 Å². The van der Waals surface area contributed by atoms with Crippen molar-refractivity contribution in [2.45, 2.75) is 31.9 Å². The maximum absolute atomic E-state index is 13.3. The normalized spacial score (nSPS) is 16.8. The van der Waals surface area contributed by atoms with E-state index in [4.69, 9.17) is 4.74 Å². The summed E-state index contributed by atoms with van der Waals surface area (Å²) in [6.45, 7) is 1.54. The van der Waals surface area contributed by atoms with E-state index in [1.165, 1.54) is 24.4 Å². The van der Waals surface area contributed by atoms with Gasteiger partial charge in [-0.1, -0.05) is 0 Å². The zero-order valence-electron chi connectivity index (χ0n) is 17.0. The number of nitrogens with one attached hydrogen (secondary N) is 1. The Balaban J connectivity index is 1.42. The number of pyridine rings is 1. The summed E-state index contributed by atoms with van der Waals surface area (Å²) in [4.78, 5) is 18.0. The fourth-order valence-corrected chi connectivity index (χ4v) is 3.56. The van der Waals surface area contributed by atoms with Gasteiger partial charge in [-0.2, -0.15) is 13.2 Å². The Morgan fingerprint density at radius 1 is 1.19 bits per heavy atom. The fourth-order valence-electron chi connectivity index (χ4n) is 3.56. The number of hydrogen-bond acceptors (Lipinski definition) is 4. The zero-order valence-corrected chi connectivity index (χ0v) is 17.0. The quantitative estimate of drug-likeness (QED) is 0.488. The van der Waals surface area contributed by atoms with Gasteiger partial charge in [0.2, 0.25) is 5.91 Å². The first-order chi connectivity index (χ1) is 14.8. The molecular formula is C22H25F4N3O2. The molecule has 1 aliphatic rings. The molecule has 168 valence electrons. The predicted octanol–water partition coefficient (Wildman–Crippen LogP) is 4.43. The van der Waals surface area contributed by atoms with E-state index in [1.54, 1.807) is 17.0 Å². The van der Waals surface area contributed by atoms with E-state index in [9.17, 15) is 22.4 Å². The SMILES string of the molecule is O=C(NCCCCOc1ccc(F)cc1)C1CCCN(c2ncccc2C(F)(F)F)C1. The smallest absolute Gasteiger partial charge is 0.419 e. The third-order valence-corrected chi connectivity index (χ3v) is 5.14. The van der Waals surface area contributed by atoms with Crippen molar-refractivity contribution in [2.75, 3.05) is 31.1 Å². The lowest BCUT2D eigenvalue weighted by Gasteiger charge is -2.34. The molecule has 2 aromatic rings. The molecule has 2 heterocycles. The summed E-state index contributed by atoms with van der Waals surface area (Å²) in [6.07, 6.45) is -0.502. The molecule has 9 heteroatoms. The minimum atomic E-state index is -4.49. The molecule has 3 rings (SSSR count). The molecule has 1 saturated heterocycles. The van der Waals surface area contributed by atoms with Gasteiger partial charge in [-0.25, -0.2) is 9.37 Å². The first-order valence-corrected chi connectivity index (χ1v) is 10.3. The molecule has 1 atom stereocenters. The molecule has 0 spiro atoms. The van der Waals surface area contributed by atoms with Gasteiger partial charge in [0.25, 0.3) is 0 Å². The number of nitrogens with zero attached hydrogens (tertiary/aromatic N) is 2. The molecule has 1 unspecified atom stereocenters. The first-order valence-electron chi connectivity index (χ1n) is 10.3. The van der Waals surface area contributed by atoms with E-state index in [2.05, 4.69) is 10.3 Å². The summed E-state index contributed by atoms with van der Waals surface area (Å²) in [5, 5.41) is 2.86. The maximum Gasteiger partial charge on any atom is 0.419 e. The van der Waals surface area contributed by atoms with Crippen LogP contribution < -0.4 is 15.0 Å². The largest absolute Gasteiger partial charge is 0.494 e. The van der Waals surface area contributed by atoms with Gasteiger partial charge in [0.1, 0.15) is 17.4 Å². The van der Waals surface area contributed by atoms with Crippen molar-refractivity contribution in [1.29, 1.82) is 0 Å². The van der Waals surface area contributed by atoms with Crippen LogP contribution in [0.4, 0.5) is 23.4 Å². The molecule has 0 bridgehead atoms. The summed E-state index contributed by atoms with van der Waals surface area (Å²) in [5.74, 6) is -0.402. The van der Waals surface area contributed by atoms with Gasteiger partial charge >= 0.3 is 6.18 Å². The molecule has 1 fully saturated rings. The number of carbonyl (C=O) groups is 1. The van der Waals surface area contributed by atoms with Crippen LogP contribution in [0.15, 0.2) is 42.6 Å². The van der Waals surface area contributed by atoms with Crippen LogP contribution >= 0.6 is 0 Å². The maximum atomic E-state index is 13.3. The van der Waals surface area contributed by atoms with Crippen molar-refractivity contribution in [3.63, 3.8) is 0 Å². The number of carbonyl (C=O) groups excluding carboxylic acids is 1. The van der Waals surface area contributed by atoms with Crippen molar-refractivity contribution < 1.29 is 27.1 Å². The highest BCUT2D eigenvalue weighted by molar-refractivity contribution is 5.79. The molecular weight excluding hydrogens is 414 g/mol. The van der Waals surface area contributed by atoms with Crippen molar-refractivity contribution in [1.82, 2.24) is 10.3 Å². The van der Waals surface area contributed by atoms with E-state index >= 15 is 0 Å². The highest BCUT2D eigenvalue weighted by Gasteiger charge is 2.37. The number of anilines is 1. The summed E-state index contributed by atoms with van der Waals surface area (Å²) < 4.78 is 58.2. The predicted molar refractivity (Wildman–Crippen MR) is 108 cm³/mol. The number of piperidine rings is 1. The van der Waals surface area contributed by atoms with Crippen molar-refractivity contribution in [3.05, 3.63) is 54.0 Å². The fraction of sp³-hybridized carbons (Fsp3) is 0.455. The van der Waals surface area contributed by atoms with Crippen molar-refractivity contribution >= 4 is 11.7 Å². The lowest BCUT2D eigenvalue weighted by molar-refractivity contribution is -0.137. The lowest BCUT2D eigenvalue weighted by atomic mass is 9.96. The molecule has 1 aliphatic heterocycles. The Bertz CT molecular complexity index is 859. The summed E-state index contributed by atoms with van der Waals surface area (Å²) in [5.41, 5.74) is -0.780. The van der Waals surface area contributed by atoms with Crippen LogP contribution in [0.3, 0.4) is 0 Å². The summed E-state index contributed by atoms with van der Waals surface area (Å²) >= 11 is 0. The summed E-state index contributed by atoms with van der Waals surface area (Å²) in [7, 11) is 0. The van der Waals surface area contributed by atoms with Crippen LogP contribution in [-0.4, -0.2) is 37.1 Å². The molecule has 1 aromatic heterocycles. The monoisotopic (exact) mass is 439 g/mol. The van der Waals surface area contributed by atoms with Crippen LogP contribution in [0.25, 0.3) is 0 Å². The molecule has 1 N–H and O–H groups in total. The van der Waals surface area contributed by atoms with E-state index in [1.807, 2.05) is 0 Å². The second kappa shape index (κ2) is 10.5. The Hall–Kier alpha value is -2.84. The average Bonchev–Trinajstić information content (AvgIpc) is 2.76. The second-order valence-electron chi connectivity index (χ2n) is 7.46. The number of halogens is 4. The van der Waals surface area contributed by atoms with Crippen LogP contribution in [0.2, 0.25) is 0 Å². The van der Waals surface area contributed by atoms with Gasteiger partial charge in [0.05, 0.1) is 18.1 Å². The van der Waals surface area contributed by atoms with Gasteiger partial charge < -0.3 is 15.0 Å². The summed E-state index contributed by atoms with van der Waals surface area (Å²) in [6, 6.07) is 8.03. The topological polar surface area (TPSA) is 54.5 Å². The first kappa shape index (κ1) is 22.8. The minimum Gasteiger partial charge on any atom is -0.494 e. The second-order valence-corrected chi connectivity index (χ2v) is 7.46. The van der Waals surface area contributed by atoms with E-state index in [-0.39, 0.29) is 30.0 Å². The number of amides is 1. The van der Waals surface area contributed by atoms with Crippen molar-refractivity contribution in [3.8, 4) is 5.75 Å². The van der Waals surface area contributed by atoms with Crippen LogP contribution in [-0.2, 0) is 11.0 Å². The van der Waals surface area contributed by atoms with Gasteiger partial charge in [-0.3, -0.25) is 4.79 Å². The number of aromatic nitrogens is 1. The number of ether oxygens (including phenoxy) is 1. The van der Waals surface area contributed by atoms with E-state index in [0.717, 1.165) is 6.07 Å². The van der Waals surface area contributed by atoms with Gasteiger partial charge in [-0.15, -0.1) is 0 Å². The number of benzene rings is 1. The number of alkyl halides is 3. The minimum absolute atomic E-state index is 0.120. The Morgan fingerprint density at radius 3 is 2.71 bits per heavy atom. The molecule has 0 saturated carbocycles. The van der Waals surface area contributed by atoms with Crippen molar-refractivity contribution in [2.24, 2.45) is 5.92 Å². The van der Waals surface area contributed by atoms with Gasteiger partial charge in [0.15, 0.2) is 0 Å². The molecule has 1 amide bonds. The lowest BCUT2D eigenvalue weighted by Crippen LogP contribution is -2.44. The van der Waals surface area contributed by atoms with E-state index < -0.39 is 11.7 Å². The van der Waals surface area contributed by atoms with Crippen LogP contribution in [0.5, 0.6) is 5.75 Å². The number of rotatable bonds is 8. The molecule has 0 aliphatic carbocycles. The Kier molecular flexibility index (Phi) is 7.70. The number of hydrogen-bond donors (Lipinski definition) is 1. The molecule has 5 nitrogen and oxygen atoms in total. The standard InChI is InChI=1S/C22H25F4N3O2/c23-17-7-9-18(10-8-17)31-14-2-1-11-28-21(30)16-5-4-13-29(15-16)20-19(22(24,25)26)6-3-12-27-20/h3,6-10,12,16H,1-2,4-5,11,13-15H2,(H,28,30). The highest BCUT2D eigenvalue weighted by Crippen LogP contribution is 2.36. The highest BCUT2D eigenvalue weighted by atomic mass is 19.4.